The fourth-order valence-electron chi connectivity index (χ4n) is 1.88. The highest BCUT2D eigenvalue weighted by molar-refractivity contribution is 7.89. The maximum Gasteiger partial charge on any atom is 0.268 e. The number of sulfonamides is 1. The van der Waals surface area contributed by atoms with Crippen LogP contribution in [0.3, 0.4) is 0 Å². The molecule has 0 fully saturated rings. The molecule has 0 bridgehead atoms. The van der Waals surface area contributed by atoms with E-state index in [0.717, 1.165) is 5.56 Å². The Bertz CT molecular complexity index is 820. The van der Waals surface area contributed by atoms with E-state index >= 15 is 0 Å². The van der Waals surface area contributed by atoms with Gasteiger partial charge in [-0.25, -0.2) is 8.42 Å². The van der Waals surface area contributed by atoms with Crippen molar-refractivity contribution in [2.75, 3.05) is 12.4 Å². The molecule has 0 spiro atoms. The number of hydrazine groups is 1. The normalized spacial score (nSPS) is 11.1. The van der Waals surface area contributed by atoms with Crippen molar-refractivity contribution < 1.29 is 13.2 Å². The quantitative estimate of drug-likeness (QED) is 0.720. The number of hydrogen-bond acceptors (Lipinski definition) is 4. The summed E-state index contributed by atoms with van der Waals surface area (Å²) in [4.78, 5) is 14.3. The molecular formula is C15H16ClN3O3S. The number of carbonyl (C=O) groups is 1. The standard InChI is InChI=1S/C15H16ClN3O3S/c1-10-3-6-12(7-4-10)23(21,22)19-18-15(20)13-9-11(16)5-8-14(13)17-2/h3-9,17,19H,1-2H3,(H,18,20). The summed E-state index contributed by atoms with van der Waals surface area (Å²) in [5, 5.41) is 3.21. The van der Waals surface area contributed by atoms with Crippen LogP contribution in [0.15, 0.2) is 47.4 Å². The van der Waals surface area contributed by atoms with E-state index in [1.54, 1.807) is 31.3 Å². The zero-order valence-electron chi connectivity index (χ0n) is 12.6. The molecule has 0 aliphatic rings. The molecule has 122 valence electrons. The summed E-state index contributed by atoms with van der Waals surface area (Å²) < 4.78 is 24.3. The van der Waals surface area contributed by atoms with Crippen LogP contribution in [0.5, 0.6) is 0 Å². The molecule has 1 amide bonds. The Balaban J connectivity index is 2.15. The van der Waals surface area contributed by atoms with Crippen LogP contribution in [-0.2, 0) is 10.0 Å². The Labute approximate surface area is 139 Å². The highest BCUT2D eigenvalue weighted by Gasteiger charge is 2.17. The number of carbonyl (C=O) groups excluding carboxylic acids is 1. The molecule has 0 aliphatic carbocycles. The highest BCUT2D eigenvalue weighted by atomic mass is 35.5. The molecule has 8 heteroatoms. The Morgan fingerprint density at radius 1 is 1.09 bits per heavy atom. The van der Waals surface area contributed by atoms with Gasteiger partial charge in [-0.3, -0.25) is 10.2 Å². The number of hydrogen-bond donors (Lipinski definition) is 3. The zero-order valence-corrected chi connectivity index (χ0v) is 14.1. The van der Waals surface area contributed by atoms with Crippen LogP contribution in [0.25, 0.3) is 0 Å². The molecule has 6 nitrogen and oxygen atoms in total. The lowest BCUT2D eigenvalue weighted by atomic mass is 10.1. The smallest absolute Gasteiger partial charge is 0.268 e. The van der Waals surface area contributed by atoms with Crippen LogP contribution in [-0.4, -0.2) is 21.4 Å². The lowest BCUT2D eigenvalue weighted by Gasteiger charge is -2.11. The first-order chi connectivity index (χ1) is 10.8. The van der Waals surface area contributed by atoms with Gasteiger partial charge in [0.05, 0.1) is 10.5 Å². The van der Waals surface area contributed by atoms with E-state index in [1.807, 2.05) is 6.92 Å². The second kappa shape index (κ2) is 6.99. The second-order valence-electron chi connectivity index (χ2n) is 4.81. The van der Waals surface area contributed by atoms with Crippen LogP contribution in [0.4, 0.5) is 5.69 Å². The highest BCUT2D eigenvalue weighted by Crippen LogP contribution is 2.20. The largest absolute Gasteiger partial charge is 0.387 e. The SMILES string of the molecule is CNc1ccc(Cl)cc1C(=O)NNS(=O)(=O)c1ccc(C)cc1. The Hall–Kier alpha value is -2.09. The maximum atomic E-state index is 12.2. The van der Waals surface area contributed by atoms with Gasteiger partial charge in [-0.05, 0) is 37.3 Å². The number of aryl methyl sites for hydroxylation is 1. The van der Waals surface area contributed by atoms with Crippen molar-refractivity contribution in [3.63, 3.8) is 0 Å². The minimum Gasteiger partial charge on any atom is -0.387 e. The van der Waals surface area contributed by atoms with Gasteiger partial charge < -0.3 is 5.32 Å². The molecule has 2 aromatic rings. The molecule has 2 rings (SSSR count). The fraction of sp³-hybridized carbons (Fsp3) is 0.133. The van der Waals surface area contributed by atoms with Crippen molar-refractivity contribution >= 4 is 33.2 Å². The molecule has 0 aliphatic heterocycles. The minimum atomic E-state index is -3.85. The van der Waals surface area contributed by atoms with E-state index in [1.165, 1.54) is 18.2 Å². The third kappa shape index (κ3) is 4.22. The summed E-state index contributed by atoms with van der Waals surface area (Å²) in [6.45, 7) is 1.85. The third-order valence-corrected chi connectivity index (χ3v) is 4.62. The van der Waals surface area contributed by atoms with Gasteiger partial charge in [0.15, 0.2) is 0 Å². The summed E-state index contributed by atoms with van der Waals surface area (Å²) in [6.07, 6.45) is 0. The van der Waals surface area contributed by atoms with Crippen LogP contribution in [0, 0.1) is 6.92 Å². The minimum absolute atomic E-state index is 0.0586. The molecule has 0 atom stereocenters. The van der Waals surface area contributed by atoms with Gasteiger partial charge in [0.1, 0.15) is 0 Å². The second-order valence-corrected chi connectivity index (χ2v) is 6.93. The average molecular weight is 354 g/mol. The summed E-state index contributed by atoms with van der Waals surface area (Å²) in [6, 6.07) is 11.0. The monoisotopic (exact) mass is 353 g/mol. The molecule has 0 saturated heterocycles. The van der Waals surface area contributed by atoms with Crippen LogP contribution < -0.4 is 15.6 Å². The average Bonchev–Trinajstić information content (AvgIpc) is 2.53. The number of halogens is 1. The van der Waals surface area contributed by atoms with Gasteiger partial charge in [0.2, 0.25) is 0 Å². The summed E-state index contributed by atoms with van der Waals surface area (Å²) >= 11 is 5.87. The lowest BCUT2D eigenvalue weighted by molar-refractivity contribution is 0.0946. The summed E-state index contributed by atoms with van der Waals surface area (Å²) in [5.74, 6) is -0.618. The van der Waals surface area contributed by atoms with Gasteiger partial charge in [0.25, 0.3) is 15.9 Å². The van der Waals surface area contributed by atoms with Crippen molar-refractivity contribution in [3.8, 4) is 0 Å². The van der Waals surface area contributed by atoms with Crippen LogP contribution in [0.1, 0.15) is 15.9 Å². The van der Waals surface area contributed by atoms with Crippen molar-refractivity contribution in [2.45, 2.75) is 11.8 Å². The number of anilines is 1. The number of benzene rings is 2. The molecular weight excluding hydrogens is 338 g/mol. The predicted molar refractivity (Wildman–Crippen MR) is 90.0 cm³/mol. The van der Waals surface area contributed by atoms with Crippen molar-refractivity contribution in [1.29, 1.82) is 0 Å². The van der Waals surface area contributed by atoms with E-state index in [2.05, 4.69) is 15.6 Å². The van der Waals surface area contributed by atoms with E-state index in [0.29, 0.717) is 10.7 Å². The molecule has 2 aromatic carbocycles. The molecule has 3 N–H and O–H groups in total. The zero-order chi connectivity index (χ0) is 17.0. The van der Waals surface area contributed by atoms with Gasteiger partial charge in [-0.2, -0.15) is 0 Å². The first-order valence-electron chi connectivity index (χ1n) is 6.69. The summed E-state index contributed by atoms with van der Waals surface area (Å²) in [7, 11) is -2.20. The Morgan fingerprint density at radius 3 is 2.35 bits per heavy atom. The predicted octanol–water partition coefficient (Wildman–Crippen LogP) is 2.31. The molecule has 0 aromatic heterocycles. The molecule has 0 radical (unpaired) electrons. The first-order valence-corrected chi connectivity index (χ1v) is 8.56. The first kappa shape index (κ1) is 17.3. The van der Waals surface area contributed by atoms with E-state index in [4.69, 9.17) is 11.6 Å². The van der Waals surface area contributed by atoms with Gasteiger partial charge in [-0.1, -0.05) is 29.3 Å². The summed E-state index contributed by atoms with van der Waals surface area (Å²) in [5.41, 5.74) is 3.87. The van der Waals surface area contributed by atoms with E-state index in [-0.39, 0.29) is 10.5 Å². The van der Waals surface area contributed by atoms with Gasteiger partial charge >= 0.3 is 0 Å². The topological polar surface area (TPSA) is 87.3 Å². The Morgan fingerprint density at radius 2 is 1.74 bits per heavy atom. The number of nitrogens with one attached hydrogen (secondary N) is 3. The number of rotatable bonds is 5. The van der Waals surface area contributed by atoms with Gasteiger partial charge in [0, 0.05) is 17.8 Å². The fourth-order valence-corrected chi connectivity index (χ4v) is 2.89. The van der Waals surface area contributed by atoms with E-state index in [9.17, 15) is 13.2 Å². The molecule has 0 unspecified atom stereocenters. The molecule has 0 saturated carbocycles. The number of amides is 1. The van der Waals surface area contributed by atoms with Crippen molar-refractivity contribution in [2.24, 2.45) is 0 Å². The molecule has 23 heavy (non-hydrogen) atoms. The van der Waals surface area contributed by atoms with Gasteiger partial charge in [-0.15, -0.1) is 4.83 Å². The Kier molecular flexibility index (Phi) is 5.25. The van der Waals surface area contributed by atoms with Crippen molar-refractivity contribution in [1.82, 2.24) is 10.3 Å². The maximum absolute atomic E-state index is 12.2. The van der Waals surface area contributed by atoms with Crippen molar-refractivity contribution in [3.05, 3.63) is 58.6 Å². The lowest BCUT2D eigenvalue weighted by Crippen LogP contribution is -2.41. The molecule has 0 heterocycles. The van der Waals surface area contributed by atoms with Crippen LogP contribution in [0.2, 0.25) is 5.02 Å². The third-order valence-electron chi connectivity index (χ3n) is 3.13. The van der Waals surface area contributed by atoms with E-state index < -0.39 is 15.9 Å². The van der Waals surface area contributed by atoms with Crippen LogP contribution >= 0.6 is 11.6 Å².